The Labute approximate surface area is 366 Å². The second-order valence-corrected chi connectivity index (χ2v) is 19.5. The van der Waals surface area contributed by atoms with Crippen molar-refractivity contribution in [1.82, 2.24) is 19.6 Å². The van der Waals surface area contributed by atoms with Crippen molar-refractivity contribution in [1.29, 1.82) is 0 Å². The lowest BCUT2D eigenvalue weighted by molar-refractivity contribution is -0.386. The molecule has 0 spiro atoms. The molecule has 1 amide bonds. The molecule has 16 heteroatoms. The molecule has 3 aromatic carbocycles. The van der Waals surface area contributed by atoms with Crippen molar-refractivity contribution in [2.45, 2.75) is 69.8 Å². The Kier molecular flexibility index (Phi) is 12.6. The van der Waals surface area contributed by atoms with E-state index in [1.807, 2.05) is 18.2 Å². The molecular weight excluding hydrogens is 832 g/mol. The molecule has 3 heterocycles. The Hall–Kier alpha value is -5.48. The van der Waals surface area contributed by atoms with Gasteiger partial charge >= 0.3 is 5.69 Å². The number of rotatable bonds is 13. The number of nitro groups is 1. The van der Waals surface area contributed by atoms with E-state index in [0.29, 0.717) is 37.3 Å². The number of nitro benzene ring substituents is 1. The fourth-order valence-corrected chi connectivity index (χ4v) is 9.78. The van der Waals surface area contributed by atoms with Crippen LogP contribution in [-0.2, 0) is 10.0 Å². The van der Waals surface area contributed by atoms with E-state index in [1.54, 1.807) is 24.4 Å². The minimum atomic E-state index is -4.60. The van der Waals surface area contributed by atoms with Crippen LogP contribution in [0.25, 0.3) is 16.6 Å². The number of ether oxygens (including phenoxy) is 2. The average Bonchev–Trinajstić information content (AvgIpc) is 3.72. The van der Waals surface area contributed by atoms with E-state index in [4.69, 9.17) is 21.1 Å². The number of hydrogen-bond acceptors (Lipinski definition) is 11. The Morgan fingerprint density at radius 3 is 2.50 bits per heavy atom. The number of pyridine rings is 1. The van der Waals surface area contributed by atoms with Crippen LogP contribution in [0.1, 0.15) is 74.7 Å². The van der Waals surface area contributed by atoms with Gasteiger partial charge in [0.1, 0.15) is 17.1 Å². The molecule has 1 saturated heterocycles. The number of hydrogen-bond donors (Lipinski definition) is 3. The lowest BCUT2D eigenvalue weighted by Crippen LogP contribution is -2.47. The van der Waals surface area contributed by atoms with E-state index in [2.05, 4.69) is 50.5 Å². The summed E-state index contributed by atoms with van der Waals surface area (Å²) >= 11 is 6.24. The minimum absolute atomic E-state index is 0.0564. The van der Waals surface area contributed by atoms with Gasteiger partial charge in [0.25, 0.3) is 15.9 Å². The SMILES string of the molecule is CC1(C)CCC(CN2CCN(c3ccc(C(=O)NS(=O)(=O)c4ccc(OCC5CCC(O)CC5)c([N+](=O)[O-])c4)c(Oc4cnc5[nH]ccc5c4)c3)CC2)=C(c2ccc(Cl)cc2)C1. The van der Waals surface area contributed by atoms with Gasteiger partial charge in [-0.15, -0.1) is 0 Å². The highest BCUT2D eigenvalue weighted by Crippen LogP contribution is 2.43. The number of sulfonamides is 1. The van der Waals surface area contributed by atoms with Crippen LogP contribution in [0.2, 0.25) is 5.02 Å². The van der Waals surface area contributed by atoms with E-state index in [-0.39, 0.29) is 41.1 Å². The first-order chi connectivity index (χ1) is 29.7. The molecule has 3 N–H and O–H groups in total. The number of halogens is 1. The van der Waals surface area contributed by atoms with Gasteiger partial charge in [-0.1, -0.05) is 43.2 Å². The molecule has 5 aromatic rings. The summed E-state index contributed by atoms with van der Waals surface area (Å²) < 4.78 is 41.5. The maximum Gasteiger partial charge on any atom is 0.312 e. The second-order valence-electron chi connectivity index (χ2n) is 17.4. The van der Waals surface area contributed by atoms with E-state index in [0.717, 1.165) is 73.9 Å². The molecule has 0 bridgehead atoms. The largest absolute Gasteiger partial charge is 0.487 e. The molecule has 14 nitrogen and oxygen atoms in total. The number of carbonyl (C=O) groups is 1. The number of amides is 1. The molecule has 0 atom stereocenters. The highest BCUT2D eigenvalue weighted by Gasteiger charge is 2.31. The number of fused-ring (bicyclic) bond motifs is 1. The summed E-state index contributed by atoms with van der Waals surface area (Å²) in [6.07, 6.45) is 8.79. The van der Waals surface area contributed by atoms with Crippen molar-refractivity contribution in [3.05, 3.63) is 117 Å². The van der Waals surface area contributed by atoms with E-state index in [1.165, 1.54) is 41.1 Å². The predicted molar refractivity (Wildman–Crippen MR) is 238 cm³/mol. The molecule has 326 valence electrons. The van der Waals surface area contributed by atoms with Crippen molar-refractivity contribution in [3.63, 3.8) is 0 Å². The summed E-state index contributed by atoms with van der Waals surface area (Å²) in [5.41, 5.74) is 5.16. The fourth-order valence-electron chi connectivity index (χ4n) is 8.66. The van der Waals surface area contributed by atoms with Crippen LogP contribution >= 0.6 is 11.6 Å². The highest BCUT2D eigenvalue weighted by atomic mass is 35.5. The zero-order valence-electron chi connectivity index (χ0n) is 34.8. The van der Waals surface area contributed by atoms with Gasteiger partial charge < -0.3 is 24.5 Å². The number of allylic oxidation sites excluding steroid dienone is 1. The number of carbonyl (C=O) groups excluding carboxylic acids is 1. The molecule has 0 unspecified atom stereocenters. The summed E-state index contributed by atoms with van der Waals surface area (Å²) in [4.78, 5) is 36.9. The van der Waals surface area contributed by atoms with Crippen molar-refractivity contribution < 1.29 is 32.7 Å². The summed E-state index contributed by atoms with van der Waals surface area (Å²) in [7, 11) is -4.60. The molecule has 0 radical (unpaired) electrons. The number of aromatic amines is 1. The third kappa shape index (κ3) is 10.1. The summed E-state index contributed by atoms with van der Waals surface area (Å²) in [6.45, 7) is 8.79. The maximum atomic E-state index is 13.9. The van der Waals surface area contributed by atoms with Crippen LogP contribution in [0.15, 0.2) is 95.7 Å². The van der Waals surface area contributed by atoms with E-state index >= 15 is 0 Å². The van der Waals surface area contributed by atoms with Crippen LogP contribution in [0.5, 0.6) is 17.2 Å². The smallest absolute Gasteiger partial charge is 0.312 e. The van der Waals surface area contributed by atoms with Crippen LogP contribution in [-0.4, -0.2) is 84.7 Å². The first-order valence-corrected chi connectivity index (χ1v) is 22.9. The van der Waals surface area contributed by atoms with Gasteiger partial charge in [-0.3, -0.25) is 19.8 Å². The molecule has 2 fully saturated rings. The summed E-state index contributed by atoms with van der Waals surface area (Å²) in [6, 6.07) is 20.1. The van der Waals surface area contributed by atoms with Gasteiger partial charge in [-0.05, 0) is 116 Å². The highest BCUT2D eigenvalue weighted by molar-refractivity contribution is 7.90. The number of nitrogens with zero attached hydrogens (tertiary/aromatic N) is 4. The number of benzene rings is 3. The number of anilines is 1. The topological polar surface area (TPSA) is 180 Å². The molecule has 1 saturated carbocycles. The number of aliphatic hydroxyl groups is 1. The molecular formula is C46H51ClN6O8S. The zero-order valence-corrected chi connectivity index (χ0v) is 36.4. The van der Waals surface area contributed by atoms with Crippen molar-refractivity contribution in [2.75, 3.05) is 44.2 Å². The molecule has 2 aromatic heterocycles. The molecule has 8 rings (SSSR count). The van der Waals surface area contributed by atoms with Crippen molar-refractivity contribution >= 4 is 55.5 Å². The third-order valence-electron chi connectivity index (χ3n) is 12.3. The monoisotopic (exact) mass is 882 g/mol. The van der Waals surface area contributed by atoms with Crippen LogP contribution in [0.4, 0.5) is 11.4 Å². The first kappa shape index (κ1) is 43.2. The fraction of sp³-hybridized carbons (Fsp3) is 0.391. The normalized spacial score (nSPS) is 19.6. The summed E-state index contributed by atoms with van der Waals surface area (Å²) in [5.74, 6) is -0.492. The Bertz CT molecular complexity index is 2600. The Balaban J connectivity index is 0.998. The standard InChI is InChI=1S/C46H51ClN6O8S/c1-46(2)17-15-33(40(26-46)31-5-7-34(47)8-6-31)28-51-19-21-52(22-20-51)35-9-13-39(43(24-35)61-37-23-32-16-18-48-44(32)49-27-37)45(55)50-62(58,59)38-12-14-42(41(25-38)53(56)57)60-29-30-3-10-36(54)11-4-30/h5-9,12-14,16,18,23-25,27,30,36,54H,3-4,10-11,15,17,19-22,26,28-29H2,1-2H3,(H,48,49)(H,50,55). The quantitative estimate of drug-likeness (QED) is 0.0760. The third-order valence-corrected chi connectivity index (χ3v) is 13.9. The van der Waals surface area contributed by atoms with Crippen LogP contribution < -0.4 is 19.1 Å². The Morgan fingerprint density at radius 1 is 1.00 bits per heavy atom. The zero-order chi connectivity index (χ0) is 43.6. The van der Waals surface area contributed by atoms with Crippen molar-refractivity contribution in [2.24, 2.45) is 11.3 Å². The van der Waals surface area contributed by atoms with Crippen LogP contribution in [0, 0.1) is 21.4 Å². The van der Waals surface area contributed by atoms with Gasteiger partial charge in [0, 0.05) is 67.1 Å². The average molecular weight is 883 g/mol. The van der Waals surface area contributed by atoms with Gasteiger partial charge in [-0.25, -0.2) is 18.1 Å². The molecule has 1 aliphatic heterocycles. The van der Waals surface area contributed by atoms with Gasteiger partial charge in [0.15, 0.2) is 5.75 Å². The number of piperazine rings is 1. The predicted octanol–water partition coefficient (Wildman–Crippen LogP) is 8.75. The molecule has 3 aliphatic rings. The number of aromatic nitrogens is 2. The number of aliphatic hydroxyl groups excluding tert-OH is 1. The second kappa shape index (κ2) is 18.1. The van der Waals surface area contributed by atoms with Gasteiger partial charge in [0.2, 0.25) is 0 Å². The minimum Gasteiger partial charge on any atom is -0.487 e. The maximum absolute atomic E-state index is 13.9. The Morgan fingerprint density at radius 2 is 1.76 bits per heavy atom. The summed E-state index contributed by atoms with van der Waals surface area (Å²) in [5, 5.41) is 23.4. The van der Waals surface area contributed by atoms with E-state index in [9.17, 15) is 28.4 Å². The van der Waals surface area contributed by atoms with E-state index < -0.39 is 31.4 Å². The van der Waals surface area contributed by atoms with Crippen molar-refractivity contribution in [3.8, 4) is 17.2 Å². The van der Waals surface area contributed by atoms with Gasteiger partial charge in [-0.2, -0.15) is 0 Å². The number of nitrogens with one attached hydrogen (secondary N) is 2. The molecule has 2 aliphatic carbocycles. The molecule has 62 heavy (non-hydrogen) atoms. The van der Waals surface area contributed by atoms with Gasteiger partial charge in [0.05, 0.1) is 34.3 Å². The first-order valence-electron chi connectivity index (χ1n) is 21.1. The lowest BCUT2D eigenvalue weighted by atomic mass is 9.72. The van der Waals surface area contributed by atoms with Crippen LogP contribution in [0.3, 0.4) is 0 Å². The lowest BCUT2D eigenvalue weighted by Gasteiger charge is -2.39. The number of H-pyrrole nitrogens is 1.